The van der Waals surface area contributed by atoms with E-state index >= 15 is 0 Å². The maximum atomic E-state index is 6.29. The van der Waals surface area contributed by atoms with E-state index in [1.165, 1.54) is 44.7 Å². The van der Waals surface area contributed by atoms with Gasteiger partial charge in [-0.2, -0.15) is 0 Å². The van der Waals surface area contributed by atoms with Gasteiger partial charge in [-0.1, -0.05) is 33.6 Å². The molecule has 1 fully saturated rings. The van der Waals surface area contributed by atoms with Crippen molar-refractivity contribution in [2.75, 3.05) is 46.3 Å². The molecular weight excluding hydrogens is 350 g/mol. The molecule has 3 nitrogen and oxygen atoms in total. The molecule has 0 amide bonds. The lowest BCUT2D eigenvalue weighted by molar-refractivity contribution is 0.152. The summed E-state index contributed by atoms with van der Waals surface area (Å²) >= 11 is 9.73. The molecule has 1 saturated heterocycles. The van der Waals surface area contributed by atoms with Gasteiger partial charge in [0.05, 0.1) is 0 Å². The zero-order chi connectivity index (χ0) is 15.2. The highest BCUT2D eigenvalue weighted by atomic mass is 79.9. The van der Waals surface area contributed by atoms with E-state index in [1.54, 1.807) is 0 Å². The average Bonchev–Trinajstić information content (AvgIpc) is 2.45. The minimum Gasteiger partial charge on any atom is -0.310 e. The molecule has 0 radical (unpaired) electrons. The number of hydrogen-bond acceptors (Lipinski definition) is 3. The minimum absolute atomic E-state index is 0.290. The largest absolute Gasteiger partial charge is 0.310 e. The van der Waals surface area contributed by atoms with Gasteiger partial charge >= 0.3 is 0 Å². The van der Waals surface area contributed by atoms with Gasteiger partial charge in [-0.05, 0) is 51.2 Å². The molecule has 1 aromatic rings. The van der Waals surface area contributed by atoms with E-state index in [0.717, 1.165) is 16.0 Å². The molecule has 1 aliphatic heterocycles. The number of rotatable bonds is 6. The summed E-state index contributed by atoms with van der Waals surface area (Å²) in [7, 11) is 2.20. The maximum Gasteiger partial charge on any atom is 0.0464 e. The second-order valence-corrected chi connectivity index (χ2v) is 7.16. The summed E-state index contributed by atoms with van der Waals surface area (Å²) in [5, 5.41) is 4.39. The van der Waals surface area contributed by atoms with Crippen LogP contribution in [0.25, 0.3) is 0 Å². The molecular formula is C16H25BrClN3. The van der Waals surface area contributed by atoms with Crippen LogP contribution < -0.4 is 5.32 Å². The lowest BCUT2D eigenvalue weighted by atomic mass is 10.1. The monoisotopic (exact) mass is 373 g/mol. The van der Waals surface area contributed by atoms with Gasteiger partial charge in [0.2, 0.25) is 0 Å². The fourth-order valence-corrected chi connectivity index (χ4v) is 3.49. The summed E-state index contributed by atoms with van der Waals surface area (Å²) in [6.07, 6.45) is 1.18. The van der Waals surface area contributed by atoms with Crippen molar-refractivity contribution < 1.29 is 0 Å². The van der Waals surface area contributed by atoms with Gasteiger partial charge in [0.1, 0.15) is 0 Å². The summed E-state index contributed by atoms with van der Waals surface area (Å²) in [5.74, 6) is 0. The molecule has 0 saturated carbocycles. The minimum atomic E-state index is 0.290. The van der Waals surface area contributed by atoms with Crippen LogP contribution in [0.3, 0.4) is 0 Å². The van der Waals surface area contributed by atoms with Crippen molar-refractivity contribution >= 4 is 27.5 Å². The summed E-state index contributed by atoms with van der Waals surface area (Å²) in [6.45, 7) is 9.17. The van der Waals surface area contributed by atoms with E-state index in [2.05, 4.69) is 51.1 Å². The first kappa shape index (κ1) is 17.2. The van der Waals surface area contributed by atoms with Gasteiger partial charge < -0.3 is 15.1 Å². The van der Waals surface area contributed by atoms with Crippen molar-refractivity contribution in [3.63, 3.8) is 0 Å². The number of likely N-dealkylation sites (N-methyl/N-ethyl adjacent to an activating group) is 1. The second kappa shape index (κ2) is 8.49. The highest BCUT2D eigenvalue weighted by Crippen LogP contribution is 2.26. The van der Waals surface area contributed by atoms with E-state index < -0.39 is 0 Å². The van der Waals surface area contributed by atoms with Gasteiger partial charge in [0.25, 0.3) is 0 Å². The van der Waals surface area contributed by atoms with Crippen LogP contribution in [0.2, 0.25) is 5.02 Å². The van der Waals surface area contributed by atoms with Gasteiger partial charge in [-0.15, -0.1) is 0 Å². The first-order valence-electron chi connectivity index (χ1n) is 7.65. The standard InChI is InChI=1S/C16H25BrClN3/c1-13(15-5-4-14(17)12-16(15)18)19-6-3-7-21-10-8-20(2)9-11-21/h4-5,12-13,19H,3,6-11H2,1-2H3. The van der Waals surface area contributed by atoms with Crippen molar-refractivity contribution in [1.29, 1.82) is 0 Å². The Balaban J connectivity index is 1.68. The van der Waals surface area contributed by atoms with E-state index in [9.17, 15) is 0 Å². The first-order valence-corrected chi connectivity index (χ1v) is 8.82. The van der Waals surface area contributed by atoms with Gasteiger partial charge in [0.15, 0.2) is 0 Å². The predicted octanol–water partition coefficient (Wildman–Crippen LogP) is 3.39. The molecule has 118 valence electrons. The van der Waals surface area contributed by atoms with Gasteiger partial charge in [-0.25, -0.2) is 0 Å². The molecule has 21 heavy (non-hydrogen) atoms. The lowest BCUT2D eigenvalue weighted by Gasteiger charge is -2.32. The molecule has 5 heteroatoms. The molecule has 2 rings (SSSR count). The average molecular weight is 375 g/mol. The fourth-order valence-electron chi connectivity index (χ4n) is 2.66. The Morgan fingerprint density at radius 3 is 2.67 bits per heavy atom. The number of piperazine rings is 1. The van der Waals surface area contributed by atoms with Gasteiger partial charge in [0, 0.05) is 41.7 Å². The summed E-state index contributed by atoms with van der Waals surface area (Å²) in [6, 6.07) is 6.38. The Bertz CT molecular complexity index is 447. The fraction of sp³-hybridized carbons (Fsp3) is 0.625. The molecule has 0 aromatic heterocycles. The molecule has 1 unspecified atom stereocenters. The smallest absolute Gasteiger partial charge is 0.0464 e. The van der Waals surface area contributed by atoms with Crippen molar-refractivity contribution in [1.82, 2.24) is 15.1 Å². The number of nitrogens with one attached hydrogen (secondary N) is 1. The summed E-state index contributed by atoms with van der Waals surface area (Å²) < 4.78 is 1.03. The van der Waals surface area contributed by atoms with Gasteiger partial charge in [-0.3, -0.25) is 0 Å². The normalized spacial score (nSPS) is 18.9. The third-order valence-electron chi connectivity index (χ3n) is 4.13. The van der Waals surface area contributed by atoms with Crippen molar-refractivity contribution in [3.8, 4) is 0 Å². The van der Waals surface area contributed by atoms with E-state index in [1.807, 2.05) is 12.1 Å². The second-order valence-electron chi connectivity index (χ2n) is 5.84. The Kier molecular flexibility index (Phi) is 6.96. The maximum absolute atomic E-state index is 6.29. The first-order chi connectivity index (χ1) is 10.1. The third-order valence-corrected chi connectivity index (χ3v) is 4.95. The quantitative estimate of drug-likeness (QED) is 0.770. The number of halogens is 2. The van der Waals surface area contributed by atoms with Crippen molar-refractivity contribution in [2.45, 2.75) is 19.4 Å². The molecule has 1 aromatic carbocycles. The SMILES string of the molecule is CC(NCCCN1CCN(C)CC1)c1ccc(Br)cc1Cl. The summed E-state index contributed by atoms with van der Waals surface area (Å²) in [4.78, 5) is 4.95. The van der Waals surface area contributed by atoms with Crippen LogP contribution in [0, 0.1) is 0 Å². The van der Waals surface area contributed by atoms with Crippen molar-refractivity contribution in [3.05, 3.63) is 33.3 Å². The highest BCUT2D eigenvalue weighted by Gasteiger charge is 2.13. The van der Waals surface area contributed by atoms with Crippen LogP contribution in [0.1, 0.15) is 24.9 Å². The molecule has 0 aliphatic carbocycles. The Labute approximate surface area is 141 Å². The zero-order valence-electron chi connectivity index (χ0n) is 12.9. The van der Waals surface area contributed by atoms with E-state index in [4.69, 9.17) is 11.6 Å². The lowest BCUT2D eigenvalue weighted by Crippen LogP contribution is -2.45. The topological polar surface area (TPSA) is 18.5 Å². The molecule has 1 heterocycles. The van der Waals surface area contributed by atoms with Crippen LogP contribution in [0.4, 0.5) is 0 Å². The molecule has 1 atom stereocenters. The number of nitrogens with zero attached hydrogens (tertiary/aromatic N) is 2. The third kappa shape index (κ3) is 5.53. The van der Waals surface area contributed by atoms with E-state index in [0.29, 0.717) is 0 Å². The molecule has 1 aliphatic rings. The molecule has 0 spiro atoms. The van der Waals surface area contributed by atoms with Crippen LogP contribution in [0.15, 0.2) is 22.7 Å². The molecule has 0 bridgehead atoms. The van der Waals surface area contributed by atoms with Crippen LogP contribution in [0.5, 0.6) is 0 Å². The van der Waals surface area contributed by atoms with Crippen molar-refractivity contribution in [2.24, 2.45) is 0 Å². The predicted molar refractivity (Wildman–Crippen MR) is 94.1 cm³/mol. The zero-order valence-corrected chi connectivity index (χ0v) is 15.3. The van der Waals surface area contributed by atoms with Crippen LogP contribution in [-0.2, 0) is 0 Å². The number of hydrogen-bond donors (Lipinski definition) is 1. The van der Waals surface area contributed by atoms with Crippen LogP contribution in [-0.4, -0.2) is 56.1 Å². The Morgan fingerprint density at radius 2 is 2.00 bits per heavy atom. The summed E-state index contributed by atoms with van der Waals surface area (Å²) in [5.41, 5.74) is 1.17. The van der Waals surface area contributed by atoms with E-state index in [-0.39, 0.29) is 6.04 Å². The Hall–Kier alpha value is -0.130. The number of benzene rings is 1. The van der Waals surface area contributed by atoms with Crippen LogP contribution >= 0.6 is 27.5 Å². The highest BCUT2D eigenvalue weighted by molar-refractivity contribution is 9.10. The Morgan fingerprint density at radius 1 is 1.29 bits per heavy atom. The molecule has 1 N–H and O–H groups in total.